The number of nitrogens with zero attached hydrogens (tertiary/aromatic N) is 5. The molecule has 21 nitrogen and oxygen atoms in total. The van der Waals surface area contributed by atoms with E-state index in [0.717, 1.165) is 10.1 Å². The van der Waals surface area contributed by atoms with Crippen molar-refractivity contribution in [2.24, 2.45) is 17.8 Å². The second-order valence-electron chi connectivity index (χ2n) is 20.5. The average molecular weight is 974 g/mol. The van der Waals surface area contributed by atoms with E-state index in [2.05, 4.69) is 28.7 Å². The minimum atomic E-state index is -1.75. The normalized spacial score (nSPS) is 40.1. The Morgan fingerprint density at radius 2 is 1.55 bits per heavy atom. The molecule has 2 bridgehead atoms. The average Bonchev–Trinajstić information content (AvgIpc) is 4.13. The molecule has 7 heterocycles. The maximum Gasteiger partial charge on any atom is 0.509 e. The van der Waals surface area contributed by atoms with Gasteiger partial charge in [-0.25, -0.2) is 33.5 Å². The lowest BCUT2D eigenvalue weighted by Gasteiger charge is -2.49. The maximum absolute atomic E-state index is 15.1. The summed E-state index contributed by atoms with van der Waals surface area (Å²) in [6.45, 7) is 21.8. The van der Waals surface area contributed by atoms with E-state index in [9.17, 15) is 19.5 Å². The van der Waals surface area contributed by atoms with Crippen LogP contribution in [0.4, 0.5) is 14.4 Å². The minimum Gasteiger partial charge on any atom is -0.488 e. The fraction of sp³-hybridized carbons (Fsp3) is 0.750. The number of aliphatic hydroxyl groups excluding tert-OH is 1. The number of hydrogen-bond donors (Lipinski definition) is 1. The maximum atomic E-state index is 15.1. The van der Waals surface area contributed by atoms with Crippen LogP contribution in [-0.4, -0.2) is 164 Å². The highest BCUT2D eigenvalue weighted by molar-refractivity contribution is 5.74. The minimum absolute atomic E-state index is 0.0321. The van der Waals surface area contributed by atoms with Gasteiger partial charge in [0.1, 0.15) is 47.9 Å². The Balaban J connectivity index is 1.31. The molecule has 0 aliphatic carbocycles. The first-order valence-electron chi connectivity index (χ1n) is 23.8. The molecule has 0 radical (unpaired) electrons. The second kappa shape index (κ2) is 20.2. The van der Waals surface area contributed by atoms with Gasteiger partial charge < -0.3 is 57.2 Å². The Kier molecular flexibility index (Phi) is 15.3. The molecule has 18 atom stereocenters. The Morgan fingerprint density at radius 3 is 2.16 bits per heavy atom. The van der Waals surface area contributed by atoms with Crippen molar-refractivity contribution in [1.82, 2.24) is 24.0 Å². The van der Waals surface area contributed by atoms with E-state index in [0.29, 0.717) is 18.6 Å². The van der Waals surface area contributed by atoms with Crippen LogP contribution < -0.4 is 0 Å². The molecule has 0 saturated carbocycles. The third kappa shape index (κ3) is 10.3. The number of ether oxygens (including phenoxy) is 11. The molecule has 384 valence electrons. The number of methoxy groups -OCH3 is 1. The van der Waals surface area contributed by atoms with Crippen molar-refractivity contribution >= 4 is 24.3 Å². The predicted octanol–water partition coefficient (Wildman–Crippen LogP) is 5.60. The highest BCUT2D eigenvalue weighted by Crippen LogP contribution is 2.50. The third-order valence-electron chi connectivity index (χ3n) is 15.0. The Hall–Kier alpha value is -4.64. The smallest absolute Gasteiger partial charge is 0.488 e. The summed E-state index contributed by atoms with van der Waals surface area (Å²) in [5.74, 6) is -2.98. The monoisotopic (exact) mass is 973 g/mol. The van der Waals surface area contributed by atoms with Crippen molar-refractivity contribution < 1.29 is 76.4 Å². The number of hydrogen-bond acceptors (Lipinski definition) is 19. The van der Waals surface area contributed by atoms with Gasteiger partial charge in [-0.2, -0.15) is 0 Å². The molecule has 0 aromatic carbocycles. The molecule has 2 aromatic heterocycles. The number of carbonyl (C=O) groups is 4. The lowest BCUT2D eigenvalue weighted by Crippen LogP contribution is -2.61. The topological polar surface area (TPSA) is 229 Å². The number of fused-ring (bicyclic) bond motifs is 3. The van der Waals surface area contributed by atoms with Crippen molar-refractivity contribution in [1.29, 1.82) is 0 Å². The van der Waals surface area contributed by atoms with Crippen molar-refractivity contribution in [3.8, 4) is 0 Å². The number of imidazole rings is 2. The zero-order valence-corrected chi connectivity index (χ0v) is 42.1. The Morgan fingerprint density at radius 1 is 0.899 bits per heavy atom. The van der Waals surface area contributed by atoms with Gasteiger partial charge in [-0.3, -0.25) is 9.69 Å². The summed E-state index contributed by atoms with van der Waals surface area (Å²) in [5, 5.41) is 12.1. The van der Waals surface area contributed by atoms with E-state index in [-0.39, 0.29) is 24.6 Å². The summed E-state index contributed by atoms with van der Waals surface area (Å²) in [6, 6.07) is -0.227. The molecule has 1 N–H and O–H groups in total. The summed E-state index contributed by atoms with van der Waals surface area (Å²) in [6.07, 6.45) is -4.55. The van der Waals surface area contributed by atoms with Gasteiger partial charge in [0.15, 0.2) is 36.5 Å². The van der Waals surface area contributed by atoms with Crippen LogP contribution in [-0.2, 0) is 56.9 Å². The zero-order valence-electron chi connectivity index (χ0n) is 42.1. The van der Waals surface area contributed by atoms with Crippen LogP contribution in [0.1, 0.15) is 102 Å². The Bertz CT molecular complexity index is 2170. The molecule has 5 aliphatic rings. The number of carbonyl (C=O) groups excluding carboxylic acids is 4. The summed E-state index contributed by atoms with van der Waals surface area (Å²) in [5.41, 5.74) is -3.31. The van der Waals surface area contributed by atoms with Crippen LogP contribution in [0.3, 0.4) is 0 Å². The van der Waals surface area contributed by atoms with Crippen molar-refractivity contribution in [3.05, 3.63) is 48.8 Å². The van der Waals surface area contributed by atoms with Gasteiger partial charge in [0.25, 0.3) is 0 Å². The summed E-state index contributed by atoms with van der Waals surface area (Å²) >= 11 is 0. The molecular formula is C48H71N5O16. The third-order valence-corrected chi connectivity index (χ3v) is 15.0. The molecule has 2 aromatic rings. The Labute approximate surface area is 403 Å². The summed E-state index contributed by atoms with van der Waals surface area (Å²) in [4.78, 5) is 65.0. The number of rotatable bonds is 10. The van der Waals surface area contributed by atoms with Gasteiger partial charge >= 0.3 is 24.3 Å². The number of likely N-dealkylation sites (N-methyl/N-ethyl adjacent to an activating group) is 1. The van der Waals surface area contributed by atoms with Crippen molar-refractivity contribution in [2.75, 3.05) is 14.2 Å². The van der Waals surface area contributed by atoms with Crippen LogP contribution in [0.15, 0.2) is 48.8 Å². The van der Waals surface area contributed by atoms with Gasteiger partial charge in [-0.05, 0) is 88.3 Å². The first-order valence-corrected chi connectivity index (χ1v) is 23.8. The second-order valence-corrected chi connectivity index (χ2v) is 20.5. The first-order chi connectivity index (χ1) is 32.4. The van der Waals surface area contributed by atoms with Gasteiger partial charge in [-0.1, -0.05) is 13.8 Å². The van der Waals surface area contributed by atoms with Crippen LogP contribution in [0.2, 0.25) is 0 Å². The number of aromatic nitrogens is 4. The summed E-state index contributed by atoms with van der Waals surface area (Å²) < 4.78 is 72.8. The molecule has 69 heavy (non-hydrogen) atoms. The fourth-order valence-electron chi connectivity index (χ4n) is 11.0. The van der Waals surface area contributed by atoms with Crippen LogP contribution in [0.5, 0.6) is 0 Å². The molecule has 0 amide bonds. The van der Waals surface area contributed by atoms with E-state index >= 15 is 4.79 Å². The number of aliphatic hydroxyl groups is 1. The van der Waals surface area contributed by atoms with E-state index in [1.165, 1.54) is 56.0 Å². The SMILES string of the molecule is CO[C@]1(C)C[C@H](O[C@H]2[C@H](C)[C@@H](O[C@@H]3O[C@H](C)C[C@H](N(C)C(C)C)[C@H]3O)[C@@]3(C)CC(C)=C(O3)[C@H](C)[C@H]3OC(=O)O[C@]3(C)[C@@H]([C@@H](C)OC(=O)n3ccnc3)OC(=O)[C@@H]2C)O[C@@H](C)[C@@H]1OC(=O)n1ccnc1. The van der Waals surface area contributed by atoms with E-state index in [1.54, 1.807) is 27.7 Å². The van der Waals surface area contributed by atoms with E-state index in [1.807, 2.05) is 41.7 Å². The molecule has 21 heteroatoms. The number of cyclic esters (lactones) is 1. The fourth-order valence-corrected chi connectivity index (χ4v) is 11.0. The standard InChI is InChI=1S/C48H71N5O16/c1-24(2)51(13)32-19-26(4)60-42(34(32)54)65-37-28(6)36(63-33-21-46(10,59-14)39(30(8)61-33)66-44(57)53-18-16-50-23-53)29(7)41(55)64-40(31(9)62-43(56)52-17-15-49-22-52)48(12)38(67-45(58)69-48)27(5)35-25(3)20-47(37,11)68-35/h15-18,22-24,26-34,36-40,42,54H,19-21H2,1-14H3/t26-,27+,28+,29-,30+,31-,32+,33+,34-,36+,37-,38-,39+,40-,42+,46-,47-,48+/m1/s1. The molecule has 5 aliphatic heterocycles. The summed E-state index contributed by atoms with van der Waals surface area (Å²) in [7, 11) is 3.45. The van der Waals surface area contributed by atoms with E-state index in [4.69, 9.17) is 52.1 Å². The predicted molar refractivity (Wildman–Crippen MR) is 241 cm³/mol. The molecule has 4 fully saturated rings. The van der Waals surface area contributed by atoms with Crippen LogP contribution >= 0.6 is 0 Å². The molecular weight excluding hydrogens is 903 g/mol. The van der Waals surface area contributed by atoms with Gasteiger partial charge in [0.2, 0.25) is 0 Å². The molecule has 4 saturated heterocycles. The zero-order chi connectivity index (χ0) is 50.5. The highest BCUT2D eigenvalue weighted by Gasteiger charge is 2.63. The highest BCUT2D eigenvalue weighted by atomic mass is 16.8. The van der Waals surface area contributed by atoms with Crippen molar-refractivity contribution in [2.45, 2.75) is 199 Å². The van der Waals surface area contributed by atoms with Gasteiger partial charge in [-0.15, -0.1) is 0 Å². The molecule has 7 rings (SSSR count). The number of esters is 1. The van der Waals surface area contributed by atoms with Gasteiger partial charge in [0.05, 0.1) is 30.1 Å². The van der Waals surface area contributed by atoms with Gasteiger partial charge in [0, 0.05) is 62.7 Å². The quantitative estimate of drug-likeness (QED) is 0.226. The van der Waals surface area contributed by atoms with E-state index < -0.39 is 120 Å². The molecule has 0 unspecified atom stereocenters. The largest absolute Gasteiger partial charge is 0.509 e. The van der Waals surface area contributed by atoms with Crippen LogP contribution in [0.25, 0.3) is 0 Å². The molecule has 0 spiro atoms. The van der Waals surface area contributed by atoms with Crippen molar-refractivity contribution in [3.63, 3.8) is 0 Å². The van der Waals surface area contributed by atoms with Crippen LogP contribution in [0, 0.1) is 17.8 Å². The lowest BCUT2D eigenvalue weighted by atomic mass is 9.78. The lowest BCUT2D eigenvalue weighted by molar-refractivity contribution is -0.317. The first kappa shape index (κ1) is 52.2.